The first-order valence-electron chi connectivity index (χ1n) is 6.50. The minimum absolute atomic E-state index is 0.146. The predicted molar refractivity (Wildman–Crippen MR) is 77.6 cm³/mol. The molecule has 1 aromatic carbocycles. The molecule has 0 unspecified atom stereocenters. The van der Waals surface area contributed by atoms with Crippen LogP contribution in [0.3, 0.4) is 0 Å². The van der Waals surface area contributed by atoms with E-state index in [1.807, 2.05) is 13.0 Å². The number of Topliss-reactive ketones (excluding diaryl/α,β-unsaturated/α-hetero) is 1. The molecule has 0 aliphatic carbocycles. The Balaban J connectivity index is 3.17. The molecule has 0 N–H and O–H groups in total. The summed E-state index contributed by atoms with van der Waals surface area (Å²) in [4.78, 5) is 11.9. The van der Waals surface area contributed by atoms with E-state index in [1.54, 1.807) is 45.2 Å². The van der Waals surface area contributed by atoms with Gasteiger partial charge in [-0.05, 0) is 30.7 Å². The van der Waals surface area contributed by atoms with Gasteiger partial charge in [0.05, 0.1) is 19.3 Å². The third-order valence-corrected chi connectivity index (χ3v) is 2.71. The van der Waals surface area contributed by atoms with Crippen LogP contribution in [0.5, 0.6) is 11.5 Å². The quantitative estimate of drug-likeness (QED) is 0.589. The molecule has 0 aliphatic rings. The van der Waals surface area contributed by atoms with Gasteiger partial charge in [0.2, 0.25) is 0 Å². The van der Waals surface area contributed by atoms with E-state index in [4.69, 9.17) is 14.7 Å². The Kier molecular flexibility index (Phi) is 5.79. The van der Waals surface area contributed by atoms with Gasteiger partial charge in [0.1, 0.15) is 6.07 Å². The van der Waals surface area contributed by atoms with Crippen LogP contribution in [0.15, 0.2) is 23.8 Å². The second kappa shape index (κ2) is 7.34. The van der Waals surface area contributed by atoms with E-state index in [1.165, 1.54) is 0 Å². The molecule has 0 radical (unpaired) electrons. The number of hydrogen-bond donors (Lipinski definition) is 0. The van der Waals surface area contributed by atoms with Gasteiger partial charge in [-0.25, -0.2) is 0 Å². The highest BCUT2D eigenvalue weighted by Crippen LogP contribution is 2.29. The first-order valence-corrected chi connectivity index (χ1v) is 6.50. The van der Waals surface area contributed by atoms with E-state index in [2.05, 4.69) is 0 Å². The number of carbonyl (C=O) groups is 1. The van der Waals surface area contributed by atoms with Crippen LogP contribution >= 0.6 is 0 Å². The van der Waals surface area contributed by atoms with Crippen molar-refractivity contribution >= 4 is 11.9 Å². The van der Waals surface area contributed by atoms with E-state index in [9.17, 15) is 4.79 Å². The number of nitriles is 1. The lowest BCUT2D eigenvalue weighted by atomic mass is 10.00. The molecule has 0 spiro atoms. The van der Waals surface area contributed by atoms with Crippen LogP contribution in [0.25, 0.3) is 6.08 Å². The van der Waals surface area contributed by atoms with Crippen molar-refractivity contribution in [1.82, 2.24) is 0 Å². The van der Waals surface area contributed by atoms with Gasteiger partial charge in [-0.15, -0.1) is 0 Å². The van der Waals surface area contributed by atoms with Gasteiger partial charge >= 0.3 is 0 Å². The summed E-state index contributed by atoms with van der Waals surface area (Å²) in [5, 5.41) is 9.09. The number of allylic oxidation sites excluding steroid dienone is 1. The molecule has 0 aromatic heterocycles. The molecular weight excluding hydrogens is 254 g/mol. The second-order valence-electron chi connectivity index (χ2n) is 4.53. The normalized spacial score (nSPS) is 11.1. The minimum atomic E-state index is -0.203. The van der Waals surface area contributed by atoms with Crippen LogP contribution in [-0.2, 0) is 4.79 Å². The SMILES string of the molecule is CCOc1cc(C=C(C#N)C(=O)C(C)C)ccc1OC. The van der Waals surface area contributed by atoms with Crippen LogP contribution in [-0.4, -0.2) is 19.5 Å². The molecule has 1 aromatic rings. The third-order valence-electron chi connectivity index (χ3n) is 2.71. The van der Waals surface area contributed by atoms with Gasteiger partial charge in [0, 0.05) is 5.92 Å². The van der Waals surface area contributed by atoms with Crippen LogP contribution in [0.4, 0.5) is 0 Å². The standard InChI is InChI=1S/C16H19NO3/c1-5-20-15-9-12(6-7-14(15)19-4)8-13(10-17)16(18)11(2)3/h6-9,11H,5H2,1-4H3. The zero-order valence-electron chi connectivity index (χ0n) is 12.3. The van der Waals surface area contributed by atoms with Crippen LogP contribution < -0.4 is 9.47 Å². The van der Waals surface area contributed by atoms with Crippen LogP contribution in [0, 0.1) is 17.2 Å². The highest BCUT2D eigenvalue weighted by Gasteiger charge is 2.13. The number of rotatable bonds is 6. The summed E-state index contributed by atoms with van der Waals surface area (Å²) in [6.45, 7) is 5.94. The van der Waals surface area contributed by atoms with Gasteiger partial charge in [-0.3, -0.25) is 4.79 Å². The lowest BCUT2D eigenvalue weighted by Crippen LogP contribution is -2.08. The summed E-state index contributed by atoms with van der Waals surface area (Å²) in [7, 11) is 1.57. The van der Waals surface area contributed by atoms with E-state index in [0.717, 1.165) is 5.56 Å². The second-order valence-corrected chi connectivity index (χ2v) is 4.53. The lowest BCUT2D eigenvalue weighted by molar-refractivity contribution is -0.117. The monoisotopic (exact) mass is 273 g/mol. The smallest absolute Gasteiger partial charge is 0.175 e. The van der Waals surface area contributed by atoms with Crippen molar-refractivity contribution in [1.29, 1.82) is 5.26 Å². The van der Waals surface area contributed by atoms with E-state index in [0.29, 0.717) is 18.1 Å². The molecule has 4 heteroatoms. The molecule has 0 fully saturated rings. The molecular formula is C16H19NO3. The van der Waals surface area contributed by atoms with Crippen LogP contribution in [0.2, 0.25) is 0 Å². The van der Waals surface area contributed by atoms with Crippen molar-refractivity contribution in [3.05, 3.63) is 29.3 Å². The highest BCUT2D eigenvalue weighted by atomic mass is 16.5. The molecule has 0 saturated heterocycles. The maximum absolute atomic E-state index is 11.9. The van der Waals surface area contributed by atoms with E-state index in [-0.39, 0.29) is 17.3 Å². The number of nitrogens with zero attached hydrogens (tertiary/aromatic N) is 1. The van der Waals surface area contributed by atoms with Crippen LogP contribution in [0.1, 0.15) is 26.3 Å². The van der Waals surface area contributed by atoms with Gasteiger partial charge < -0.3 is 9.47 Å². The number of ether oxygens (including phenoxy) is 2. The van der Waals surface area contributed by atoms with Gasteiger partial charge in [-0.1, -0.05) is 19.9 Å². The Morgan fingerprint density at radius 3 is 2.60 bits per heavy atom. The predicted octanol–water partition coefficient (Wildman–Crippen LogP) is 3.23. The zero-order valence-corrected chi connectivity index (χ0v) is 12.3. The summed E-state index contributed by atoms with van der Waals surface area (Å²) < 4.78 is 10.7. The van der Waals surface area contributed by atoms with E-state index >= 15 is 0 Å². The number of benzene rings is 1. The van der Waals surface area contributed by atoms with Crippen molar-refractivity contribution in [2.75, 3.05) is 13.7 Å². The fourth-order valence-electron chi connectivity index (χ4n) is 1.69. The zero-order chi connectivity index (χ0) is 15.1. The first kappa shape index (κ1) is 15.8. The Morgan fingerprint density at radius 1 is 1.40 bits per heavy atom. The molecule has 20 heavy (non-hydrogen) atoms. The summed E-state index contributed by atoms with van der Waals surface area (Å²) >= 11 is 0. The third kappa shape index (κ3) is 3.86. The molecule has 0 bridgehead atoms. The number of carbonyl (C=O) groups excluding carboxylic acids is 1. The summed E-state index contributed by atoms with van der Waals surface area (Å²) in [5.74, 6) is 0.850. The fourth-order valence-corrected chi connectivity index (χ4v) is 1.69. The number of hydrogen-bond acceptors (Lipinski definition) is 4. The van der Waals surface area contributed by atoms with Gasteiger partial charge in [0.15, 0.2) is 17.3 Å². The molecule has 0 atom stereocenters. The fraction of sp³-hybridized carbons (Fsp3) is 0.375. The Hall–Kier alpha value is -2.28. The molecule has 1 rings (SSSR count). The Labute approximate surface area is 119 Å². The molecule has 0 saturated carbocycles. The molecule has 4 nitrogen and oxygen atoms in total. The molecule has 0 aliphatic heterocycles. The highest BCUT2D eigenvalue weighted by molar-refractivity contribution is 6.04. The molecule has 106 valence electrons. The largest absolute Gasteiger partial charge is 0.493 e. The van der Waals surface area contributed by atoms with Crippen molar-refractivity contribution in [3.8, 4) is 17.6 Å². The molecule has 0 amide bonds. The minimum Gasteiger partial charge on any atom is -0.493 e. The van der Waals surface area contributed by atoms with Crippen molar-refractivity contribution in [2.45, 2.75) is 20.8 Å². The van der Waals surface area contributed by atoms with E-state index < -0.39 is 0 Å². The maximum atomic E-state index is 11.9. The summed E-state index contributed by atoms with van der Waals surface area (Å²) in [6.07, 6.45) is 1.57. The summed E-state index contributed by atoms with van der Waals surface area (Å²) in [5.41, 5.74) is 0.882. The van der Waals surface area contributed by atoms with Crippen molar-refractivity contribution < 1.29 is 14.3 Å². The average molecular weight is 273 g/mol. The summed E-state index contributed by atoms with van der Waals surface area (Å²) in [6, 6.07) is 7.25. The molecule has 0 heterocycles. The maximum Gasteiger partial charge on any atom is 0.175 e. The Bertz CT molecular complexity index is 553. The number of ketones is 1. The first-order chi connectivity index (χ1) is 9.53. The van der Waals surface area contributed by atoms with Gasteiger partial charge in [0.25, 0.3) is 0 Å². The lowest BCUT2D eigenvalue weighted by Gasteiger charge is -2.10. The van der Waals surface area contributed by atoms with Crippen molar-refractivity contribution in [2.24, 2.45) is 5.92 Å². The Morgan fingerprint density at radius 2 is 2.10 bits per heavy atom. The van der Waals surface area contributed by atoms with Gasteiger partial charge in [-0.2, -0.15) is 5.26 Å². The topological polar surface area (TPSA) is 59.3 Å². The number of methoxy groups -OCH3 is 1. The average Bonchev–Trinajstić information content (AvgIpc) is 2.44. The van der Waals surface area contributed by atoms with Crippen molar-refractivity contribution in [3.63, 3.8) is 0 Å².